The highest BCUT2D eigenvalue weighted by molar-refractivity contribution is 7.86. The number of Topliss-reactive ketones (excluding diaryl/α,β-unsaturated/α-hetero) is 1. The first kappa shape index (κ1) is 21.6. The van der Waals surface area contributed by atoms with Gasteiger partial charge in [-0.3, -0.25) is 9.35 Å². The van der Waals surface area contributed by atoms with Gasteiger partial charge >= 0.3 is 6.18 Å². The SMILES string of the molecule is CC12CCC3C4CCC(C(F)(F)F)CC4CCC3C1CCC2C(=O)CS(=O)(=O)O. The van der Waals surface area contributed by atoms with E-state index in [2.05, 4.69) is 6.92 Å². The minimum Gasteiger partial charge on any atom is -0.298 e. The van der Waals surface area contributed by atoms with Gasteiger partial charge in [0, 0.05) is 5.92 Å². The van der Waals surface area contributed by atoms with E-state index in [9.17, 15) is 26.4 Å². The van der Waals surface area contributed by atoms with Crippen LogP contribution in [0.1, 0.15) is 64.7 Å². The molecule has 0 saturated heterocycles. The van der Waals surface area contributed by atoms with Crippen LogP contribution < -0.4 is 0 Å². The molecule has 4 rings (SSSR count). The van der Waals surface area contributed by atoms with Gasteiger partial charge in [0.1, 0.15) is 5.75 Å². The Balaban J connectivity index is 1.48. The highest BCUT2D eigenvalue weighted by Gasteiger charge is 2.59. The number of carbonyl (C=O) groups is 1. The normalized spacial score (nSPS) is 45.2. The molecule has 4 nitrogen and oxygen atoms in total. The van der Waals surface area contributed by atoms with Crippen LogP contribution in [0.2, 0.25) is 0 Å². The van der Waals surface area contributed by atoms with Crippen LogP contribution in [-0.2, 0) is 14.9 Å². The van der Waals surface area contributed by atoms with E-state index in [0.29, 0.717) is 36.5 Å². The maximum atomic E-state index is 13.2. The molecule has 4 aliphatic carbocycles. The predicted molar refractivity (Wildman–Crippen MR) is 102 cm³/mol. The second kappa shape index (κ2) is 7.21. The number of carbonyl (C=O) groups excluding carboxylic acids is 1. The molecule has 29 heavy (non-hydrogen) atoms. The first-order chi connectivity index (χ1) is 13.4. The number of rotatable bonds is 3. The van der Waals surface area contributed by atoms with Gasteiger partial charge in [0.25, 0.3) is 10.1 Å². The van der Waals surface area contributed by atoms with Gasteiger partial charge in [-0.2, -0.15) is 21.6 Å². The van der Waals surface area contributed by atoms with Crippen LogP contribution in [0.3, 0.4) is 0 Å². The highest BCUT2D eigenvalue weighted by Crippen LogP contribution is 2.65. The van der Waals surface area contributed by atoms with Gasteiger partial charge in [-0.1, -0.05) is 6.92 Å². The molecule has 0 radical (unpaired) electrons. The minimum atomic E-state index is -4.32. The van der Waals surface area contributed by atoms with Gasteiger partial charge in [0.05, 0.1) is 5.92 Å². The highest BCUT2D eigenvalue weighted by atomic mass is 32.2. The summed E-state index contributed by atoms with van der Waals surface area (Å²) in [5.41, 5.74) is -0.251. The van der Waals surface area contributed by atoms with E-state index in [-0.39, 0.29) is 35.9 Å². The van der Waals surface area contributed by atoms with Crippen LogP contribution in [0, 0.1) is 46.8 Å². The van der Waals surface area contributed by atoms with E-state index in [0.717, 1.165) is 32.1 Å². The predicted octanol–water partition coefficient (Wildman–Crippen LogP) is 4.89. The van der Waals surface area contributed by atoms with Gasteiger partial charge in [0.15, 0.2) is 5.78 Å². The number of hydrogen-bond acceptors (Lipinski definition) is 3. The maximum absolute atomic E-state index is 13.2. The zero-order valence-corrected chi connectivity index (χ0v) is 17.6. The first-order valence-corrected chi connectivity index (χ1v) is 12.6. The Labute approximate surface area is 170 Å². The second-order valence-corrected chi connectivity index (χ2v) is 11.8. The molecule has 0 aliphatic heterocycles. The van der Waals surface area contributed by atoms with E-state index >= 15 is 0 Å². The van der Waals surface area contributed by atoms with Crippen LogP contribution in [0.25, 0.3) is 0 Å². The fourth-order valence-corrected chi connectivity index (χ4v) is 8.52. The third-order valence-corrected chi connectivity index (χ3v) is 9.78. The van der Waals surface area contributed by atoms with Crippen molar-refractivity contribution >= 4 is 15.9 Å². The zero-order chi connectivity index (χ0) is 21.2. The molecule has 0 bridgehead atoms. The van der Waals surface area contributed by atoms with E-state index in [4.69, 9.17) is 4.55 Å². The zero-order valence-electron chi connectivity index (χ0n) is 16.8. The molecule has 8 unspecified atom stereocenters. The summed E-state index contributed by atoms with van der Waals surface area (Å²) < 4.78 is 71.1. The van der Waals surface area contributed by atoms with Gasteiger partial charge in [0.2, 0.25) is 0 Å². The van der Waals surface area contributed by atoms with Crippen molar-refractivity contribution in [1.82, 2.24) is 0 Å². The average Bonchev–Trinajstić information content (AvgIpc) is 2.96. The summed E-state index contributed by atoms with van der Waals surface area (Å²) in [6, 6.07) is 0. The van der Waals surface area contributed by atoms with Crippen LogP contribution in [0.5, 0.6) is 0 Å². The number of fused-ring (bicyclic) bond motifs is 5. The maximum Gasteiger partial charge on any atom is 0.391 e. The first-order valence-electron chi connectivity index (χ1n) is 10.9. The lowest BCUT2D eigenvalue weighted by Gasteiger charge is -2.56. The van der Waals surface area contributed by atoms with Crippen molar-refractivity contribution in [2.75, 3.05) is 5.75 Å². The van der Waals surface area contributed by atoms with Gasteiger partial charge in [-0.15, -0.1) is 0 Å². The van der Waals surface area contributed by atoms with Crippen LogP contribution in [0.15, 0.2) is 0 Å². The van der Waals surface area contributed by atoms with Crippen molar-refractivity contribution in [3.8, 4) is 0 Å². The Kier molecular flexibility index (Phi) is 5.37. The molecule has 0 aromatic rings. The Morgan fingerprint density at radius 3 is 2.34 bits per heavy atom. The van der Waals surface area contributed by atoms with E-state index in [1.165, 1.54) is 0 Å². The smallest absolute Gasteiger partial charge is 0.298 e. The molecule has 1 N–H and O–H groups in total. The quantitative estimate of drug-likeness (QED) is 0.640. The van der Waals surface area contributed by atoms with Gasteiger partial charge < -0.3 is 0 Å². The summed E-state index contributed by atoms with van der Waals surface area (Å²) in [5, 5.41) is 0. The largest absolute Gasteiger partial charge is 0.391 e. The molecule has 0 aromatic carbocycles. The fourth-order valence-electron chi connectivity index (χ4n) is 7.96. The number of ketones is 1. The lowest BCUT2D eigenvalue weighted by Crippen LogP contribution is -2.50. The van der Waals surface area contributed by atoms with Crippen molar-refractivity contribution < 1.29 is 30.9 Å². The summed E-state index contributed by atoms with van der Waals surface area (Å²) in [4.78, 5) is 12.6. The number of halogens is 3. The Morgan fingerprint density at radius 2 is 1.69 bits per heavy atom. The molecular formula is C21H31F3O4S. The van der Waals surface area contributed by atoms with Crippen molar-refractivity contribution in [1.29, 1.82) is 0 Å². The molecule has 0 heterocycles. The van der Waals surface area contributed by atoms with E-state index in [1.807, 2.05) is 0 Å². The van der Waals surface area contributed by atoms with Crippen molar-refractivity contribution in [3.05, 3.63) is 0 Å². The molecule has 0 amide bonds. The topological polar surface area (TPSA) is 71.4 Å². The van der Waals surface area contributed by atoms with Crippen LogP contribution in [0.4, 0.5) is 13.2 Å². The van der Waals surface area contributed by atoms with Crippen molar-refractivity contribution in [2.24, 2.45) is 46.8 Å². The Bertz CT molecular complexity index is 764. The lowest BCUT2D eigenvalue weighted by molar-refractivity contribution is -0.196. The third-order valence-electron chi connectivity index (χ3n) is 9.13. The monoisotopic (exact) mass is 436 g/mol. The van der Waals surface area contributed by atoms with Gasteiger partial charge in [-0.25, -0.2) is 0 Å². The standard InChI is InChI=1S/C21H31F3O4S/c1-20-9-8-15-14-5-3-13(21(22,23)24)10-12(14)2-4-16(15)17(20)6-7-18(20)19(25)11-29(26,27)28/h12-18H,2-11H2,1H3,(H,26,27,28). The lowest BCUT2D eigenvalue weighted by atomic mass is 9.49. The molecule has 8 heteroatoms. The molecule has 0 spiro atoms. The Hall–Kier alpha value is -0.630. The number of hydrogen-bond donors (Lipinski definition) is 1. The van der Waals surface area contributed by atoms with Gasteiger partial charge in [-0.05, 0) is 92.8 Å². The van der Waals surface area contributed by atoms with Crippen LogP contribution in [-0.4, -0.2) is 30.7 Å². The average molecular weight is 437 g/mol. The molecule has 0 aromatic heterocycles. The summed E-state index contributed by atoms with van der Waals surface area (Å²) >= 11 is 0. The summed E-state index contributed by atoms with van der Waals surface area (Å²) in [7, 11) is -4.32. The molecule has 4 fully saturated rings. The molecule has 8 atom stereocenters. The molecule has 166 valence electrons. The summed E-state index contributed by atoms with van der Waals surface area (Å²) in [5.74, 6) is -0.941. The minimum absolute atomic E-state index is 0.166. The van der Waals surface area contributed by atoms with Crippen LogP contribution >= 0.6 is 0 Å². The Morgan fingerprint density at radius 1 is 1.00 bits per heavy atom. The van der Waals surface area contributed by atoms with E-state index < -0.39 is 28.0 Å². The van der Waals surface area contributed by atoms with E-state index in [1.54, 1.807) is 0 Å². The summed E-state index contributed by atoms with van der Waals surface area (Å²) in [6.45, 7) is 2.10. The van der Waals surface area contributed by atoms with Crippen molar-refractivity contribution in [2.45, 2.75) is 70.9 Å². The third kappa shape index (κ3) is 3.88. The second-order valence-electron chi connectivity index (χ2n) is 10.4. The summed E-state index contributed by atoms with van der Waals surface area (Å²) in [6.07, 6.45) is 2.14. The molecule has 4 aliphatic rings. The molecule has 4 saturated carbocycles. The fraction of sp³-hybridized carbons (Fsp3) is 0.952. The van der Waals surface area contributed by atoms with Crippen molar-refractivity contribution in [3.63, 3.8) is 0 Å². The molecular weight excluding hydrogens is 405 g/mol. The number of alkyl halides is 3.